The fraction of sp³-hybridized carbons (Fsp3) is 0.933. The van der Waals surface area contributed by atoms with E-state index in [9.17, 15) is 0 Å². The Morgan fingerprint density at radius 3 is 2.48 bits per heavy atom. The second-order valence-electron chi connectivity index (χ2n) is 6.61. The molecule has 1 aliphatic heterocycles. The Hall–Kier alpha value is -0.620. The van der Waals surface area contributed by atoms with Gasteiger partial charge in [0.05, 0.1) is 12.1 Å². The lowest BCUT2D eigenvalue weighted by atomic mass is 9.94. The molecule has 0 bridgehead atoms. The average Bonchev–Trinajstić information content (AvgIpc) is 2.98. The monoisotopic (exact) mass is 309 g/mol. The maximum Gasteiger partial charge on any atom is 0.168 e. The second-order valence-corrected chi connectivity index (χ2v) is 7.84. The van der Waals surface area contributed by atoms with Crippen LogP contribution in [0.25, 0.3) is 0 Å². The summed E-state index contributed by atoms with van der Waals surface area (Å²) in [7, 11) is 0. The molecule has 1 saturated heterocycles. The third kappa shape index (κ3) is 3.42. The lowest BCUT2D eigenvalue weighted by Gasteiger charge is -2.36. The van der Waals surface area contributed by atoms with Gasteiger partial charge in [-0.3, -0.25) is 4.90 Å². The molecule has 1 aliphatic carbocycles. The molecular weight excluding hydrogens is 282 g/mol. The molecule has 21 heavy (non-hydrogen) atoms. The van der Waals surface area contributed by atoms with Crippen molar-refractivity contribution in [1.82, 2.24) is 25.1 Å². The number of nitrogens with zero attached hydrogens (tertiary/aromatic N) is 5. The number of hydrogen-bond acceptors (Lipinski definition) is 5. The fourth-order valence-corrected chi connectivity index (χ4v) is 4.65. The van der Waals surface area contributed by atoms with E-state index < -0.39 is 0 Å². The van der Waals surface area contributed by atoms with E-state index in [0.717, 1.165) is 18.9 Å². The molecule has 0 N–H and O–H groups in total. The van der Waals surface area contributed by atoms with Gasteiger partial charge in [-0.2, -0.15) is 11.8 Å². The van der Waals surface area contributed by atoms with Crippen LogP contribution in [0.2, 0.25) is 0 Å². The SMILES string of the molecule is CC(C)[C@H](c1nnnn1C1CCCCC1)N1CCSCC1. The minimum Gasteiger partial charge on any atom is -0.291 e. The third-order valence-electron chi connectivity index (χ3n) is 4.77. The van der Waals surface area contributed by atoms with Crippen LogP contribution in [0.15, 0.2) is 0 Å². The van der Waals surface area contributed by atoms with Crippen LogP contribution in [0.3, 0.4) is 0 Å². The van der Waals surface area contributed by atoms with Crippen molar-refractivity contribution in [2.45, 2.75) is 58.0 Å². The van der Waals surface area contributed by atoms with Crippen molar-refractivity contribution in [2.75, 3.05) is 24.6 Å². The first-order valence-electron chi connectivity index (χ1n) is 8.37. The van der Waals surface area contributed by atoms with Crippen molar-refractivity contribution in [2.24, 2.45) is 5.92 Å². The molecule has 0 unspecified atom stereocenters. The van der Waals surface area contributed by atoms with Crippen LogP contribution in [0.4, 0.5) is 0 Å². The standard InChI is InChI=1S/C15H27N5S/c1-12(2)14(19-8-10-21-11-9-19)15-16-17-18-20(15)13-6-4-3-5-7-13/h12-14H,3-11H2,1-2H3/t14-/m1/s1. The van der Waals surface area contributed by atoms with Gasteiger partial charge in [0.15, 0.2) is 5.82 Å². The van der Waals surface area contributed by atoms with Crippen LogP contribution < -0.4 is 0 Å². The number of rotatable bonds is 4. The molecule has 1 aromatic rings. The van der Waals surface area contributed by atoms with E-state index in [1.807, 2.05) is 0 Å². The first-order valence-corrected chi connectivity index (χ1v) is 9.52. The summed E-state index contributed by atoms with van der Waals surface area (Å²) < 4.78 is 2.16. The molecule has 1 saturated carbocycles. The number of tetrazole rings is 1. The highest BCUT2D eigenvalue weighted by molar-refractivity contribution is 7.99. The van der Waals surface area contributed by atoms with E-state index in [4.69, 9.17) is 0 Å². The summed E-state index contributed by atoms with van der Waals surface area (Å²) in [6.07, 6.45) is 6.47. The van der Waals surface area contributed by atoms with Gasteiger partial charge in [0.1, 0.15) is 0 Å². The number of hydrogen-bond donors (Lipinski definition) is 0. The van der Waals surface area contributed by atoms with Crippen molar-refractivity contribution in [3.8, 4) is 0 Å². The van der Waals surface area contributed by atoms with Gasteiger partial charge in [0.2, 0.25) is 0 Å². The van der Waals surface area contributed by atoms with Crippen LogP contribution in [-0.2, 0) is 0 Å². The highest BCUT2D eigenvalue weighted by Crippen LogP contribution is 2.33. The van der Waals surface area contributed by atoms with E-state index in [2.05, 4.69) is 50.7 Å². The van der Waals surface area contributed by atoms with Crippen LogP contribution in [0.1, 0.15) is 63.9 Å². The summed E-state index contributed by atoms with van der Waals surface area (Å²) in [4.78, 5) is 2.59. The first kappa shape index (κ1) is 15.3. The Bertz CT molecular complexity index is 435. The Kier molecular flexibility index (Phi) is 5.16. The highest BCUT2D eigenvalue weighted by Gasteiger charge is 2.32. The van der Waals surface area contributed by atoms with E-state index in [1.165, 1.54) is 43.6 Å². The van der Waals surface area contributed by atoms with Crippen LogP contribution in [-0.4, -0.2) is 49.7 Å². The zero-order chi connectivity index (χ0) is 14.7. The van der Waals surface area contributed by atoms with Crippen LogP contribution >= 0.6 is 11.8 Å². The molecular formula is C15H27N5S. The van der Waals surface area contributed by atoms with Crippen LogP contribution in [0.5, 0.6) is 0 Å². The van der Waals surface area contributed by atoms with Crippen LogP contribution in [0, 0.1) is 5.92 Å². The second kappa shape index (κ2) is 7.09. The summed E-state index contributed by atoms with van der Waals surface area (Å²) in [5, 5.41) is 12.8. The fourth-order valence-electron chi connectivity index (χ4n) is 3.72. The molecule has 0 radical (unpaired) electrons. The molecule has 1 aromatic heterocycles. The van der Waals surface area contributed by atoms with Gasteiger partial charge in [-0.1, -0.05) is 33.1 Å². The highest BCUT2D eigenvalue weighted by atomic mass is 32.2. The lowest BCUT2D eigenvalue weighted by Crippen LogP contribution is -2.40. The molecule has 0 aromatic carbocycles. The van der Waals surface area contributed by atoms with Crippen molar-refractivity contribution in [1.29, 1.82) is 0 Å². The molecule has 118 valence electrons. The zero-order valence-electron chi connectivity index (χ0n) is 13.2. The predicted octanol–water partition coefficient (Wildman–Crippen LogP) is 2.92. The van der Waals surface area contributed by atoms with E-state index in [0.29, 0.717) is 18.0 Å². The summed E-state index contributed by atoms with van der Waals surface area (Å²) in [6.45, 7) is 6.91. The summed E-state index contributed by atoms with van der Waals surface area (Å²) >= 11 is 2.06. The molecule has 0 spiro atoms. The molecule has 6 heteroatoms. The summed E-state index contributed by atoms with van der Waals surface area (Å²) in [5.41, 5.74) is 0. The zero-order valence-corrected chi connectivity index (χ0v) is 14.1. The quantitative estimate of drug-likeness (QED) is 0.856. The Labute approximate surface area is 131 Å². The molecule has 3 rings (SSSR count). The molecule has 2 heterocycles. The van der Waals surface area contributed by atoms with Crippen molar-refractivity contribution in [3.63, 3.8) is 0 Å². The van der Waals surface area contributed by atoms with Crippen molar-refractivity contribution in [3.05, 3.63) is 5.82 Å². The number of aromatic nitrogens is 4. The molecule has 2 fully saturated rings. The minimum absolute atomic E-state index is 0.364. The number of thioether (sulfide) groups is 1. The maximum atomic E-state index is 4.44. The van der Waals surface area contributed by atoms with E-state index >= 15 is 0 Å². The largest absolute Gasteiger partial charge is 0.291 e. The maximum absolute atomic E-state index is 4.44. The van der Waals surface area contributed by atoms with Gasteiger partial charge in [-0.15, -0.1) is 5.10 Å². The van der Waals surface area contributed by atoms with E-state index in [1.54, 1.807) is 0 Å². The van der Waals surface area contributed by atoms with Crippen molar-refractivity contribution < 1.29 is 0 Å². The topological polar surface area (TPSA) is 46.8 Å². The minimum atomic E-state index is 0.364. The Balaban J connectivity index is 1.83. The molecule has 1 atom stereocenters. The lowest BCUT2D eigenvalue weighted by molar-refractivity contribution is 0.152. The van der Waals surface area contributed by atoms with Gasteiger partial charge in [0.25, 0.3) is 0 Å². The van der Waals surface area contributed by atoms with Crippen molar-refractivity contribution >= 4 is 11.8 Å². The van der Waals surface area contributed by atoms with Gasteiger partial charge in [-0.05, 0) is 29.2 Å². The molecule has 5 nitrogen and oxygen atoms in total. The Morgan fingerprint density at radius 1 is 1.10 bits per heavy atom. The van der Waals surface area contributed by atoms with Gasteiger partial charge >= 0.3 is 0 Å². The van der Waals surface area contributed by atoms with E-state index in [-0.39, 0.29) is 0 Å². The molecule has 2 aliphatic rings. The summed E-state index contributed by atoms with van der Waals surface area (Å²) in [6, 6.07) is 0.881. The third-order valence-corrected chi connectivity index (χ3v) is 5.72. The van der Waals surface area contributed by atoms with Gasteiger partial charge in [0, 0.05) is 24.6 Å². The average molecular weight is 309 g/mol. The van der Waals surface area contributed by atoms with Gasteiger partial charge in [-0.25, -0.2) is 4.68 Å². The summed E-state index contributed by atoms with van der Waals surface area (Å²) in [5.74, 6) is 4.10. The van der Waals surface area contributed by atoms with Gasteiger partial charge < -0.3 is 0 Å². The smallest absolute Gasteiger partial charge is 0.168 e. The first-order chi connectivity index (χ1) is 10.3. The molecule has 0 amide bonds. The Morgan fingerprint density at radius 2 is 1.81 bits per heavy atom. The predicted molar refractivity (Wildman–Crippen MR) is 86.4 cm³/mol. The normalized spacial score (nSPS) is 23.6.